The number of pyridine rings is 1. The summed E-state index contributed by atoms with van der Waals surface area (Å²) >= 11 is 0. The van der Waals surface area contributed by atoms with Crippen LogP contribution >= 0.6 is 0 Å². The number of amides is 2. The predicted molar refractivity (Wildman–Crippen MR) is 116 cm³/mol. The highest BCUT2D eigenvalue weighted by atomic mass is 19.1. The van der Waals surface area contributed by atoms with Crippen LogP contribution in [-0.4, -0.2) is 39.0 Å². The van der Waals surface area contributed by atoms with Gasteiger partial charge in [0.2, 0.25) is 0 Å². The number of hydrogen-bond donors (Lipinski definition) is 3. The molecule has 0 spiro atoms. The molecular formula is C22H28FN5O2. The monoisotopic (exact) mass is 413 g/mol. The van der Waals surface area contributed by atoms with Gasteiger partial charge >= 0.3 is 11.7 Å². The highest BCUT2D eigenvalue weighted by Crippen LogP contribution is 2.27. The van der Waals surface area contributed by atoms with E-state index in [0.717, 1.165) is 25.7 Å². The zero-order valence-electron chi connectivity index (χ0n) is 17.6. The molecule has 30 heavy (non-hydrogen) atoms. The molecule has 0 saturated heterocycles. The summed E-state index contributed by atoms with van der Waals surface area (Å²) in [5.41, 5.74) is 2.35. The number of nitrogens with one attached hydrogen (secondary N) is 3. The van der Waals surface area contributed by atoms with Crippen LogP contribution in [0.4, 0.5) is 9.18 Å². The number of aromatic amines is 2. The number of carbonyl (C=O) groups excluding carboxylic acids is 1. The number of rotatable bonds is 8. The van der Waals surface area contributed by atoms with Crippen molar-refractivity contribution in [2.75, 3.05) is 7.05 Å². The van der Waals surface area contributed by atoms with Crippen molar-refractivity contribution in [1.29, 1.82) is 0 Å². The van der Waals surface area contributed by atoms with E-state index in [1.54, 1.807) is 36.3 Å². The molecule has 0 bridgehead atoms. The van der Waals surface area contributed by atoms with Gasteiger partial charge in [-0.3, -0.25) is 4.98 Å². The van der Waals surface area contributed by atoms with Gasteiger partial charge in [0.05, 0.1) is 12.1 Å². The highest BCUT2D eigenvalue weighted by Gasteiger charge is 2.21. The van der Waals surface area contributed by atoms with Crippen LogP contribution in [0.3, 0.4) is 0 Å². The molecule has 0 saturated carbocycles. The molecule has 2 heterocycles. The standard InChI is InChI=1S/C22H28FN5O2/c1-4-5-6-7-14(2)28(22(30)24-3)13-16-9-8-15(12-18(16)23)17-10-11-25-20-19(17)26-21(29)27-20/h8-12,14H,4-7,13H2,1-3H3,(H,24,30)(H2,25,26,27,29). The van der Waals surface area contributed by atoms with Gasteiger partial charge < -0.3 is 15.2 Å². The number of benzene rings is 1. The molecule has 1 aromatic carbocycles. The molecule has 0 fully saturated rings. The Kier molecular flexibility index (Phi) is 6.87. The second-order valence-electron chi connectivity index (χ2n) is 7.50. The Bertz CT molecular complexity index is 1070. The summed E-state index contributed by atoms with van der Waals surface area (Å²) in [6, 6.07) is 6.42. The number of urea groups is 1. The largest absolute Gasteiger partial charge is 0.341 e. The fourth-order valence-corrected chi connectivity index (χ4v) is 3.62. The fourth-order valence-electron chi connectivity index (χ4n) is 3.62. The van der Waals surface area contributed by atoms with Gasteiger partial charge in [-0.15, -0.1) is 0 Å². The minimum absolute atomic E-state index is 0.000306. The summed E-state index contributed by atoms with van der Waals surface area (Å²) < 4.78 is 15.0. The minimum atomic E-state index is -0.398. The number of nitrogens with zero attached hydrogens (tertiary/aromatic N) is 2. The van der Waals surface area contributed by atoms with Crippen molar-refractivity contribution < 1.29 is 9.18 Å². The van der Waals surface area contributed by atoms with Crippen LogP contribution < -0.4 is 11.0 Å². The molecule has 8 heteroatoms. The Balaban J connectivity index is 1.86. The maximum atomic E-state index is 15.0. The van der Waals surface area contributed by atoms with Crippen LogP contribution in [0, 0.1) is 5.82 Å². The summed E-state index contributed by atoms with van der Waals surface area (Å²) in [5.74, 6) is -0.398. The molecule has 160 valence electrons. The average molecular weight is 413 g/mol. The first-order chi connectivity index (χ1) is 14.4. The van der Waals surface area contributed by atoms with Gasteiger partial charge in [-0.05, 0) is 31.0 Å². The number of fused-ring (bicyclic) bond motifs is 1. The molecule has 2 amide bonds. The number of imidazole rings is 1. The van der Waals surface area contributed by atoms with Crippen molar-refractivity contribution >= 4 is 17.2 Å². The molecule has 1 atom stereocenters. The number of H-pyrrole nitrogens is 2. The number of aromatic nitrogens is 3. The van der Waals surface area contributed by atoms with E-state index >= 15 is 0 Å². The lowest BCUT2D eigenvalue weighted by Gasteiger charge is -2.29. The van der Waals surface area contributed by atoms with E-state index in [1.807, 2.05) is 6.92 Å². The Labute approximate surface area is 174 Å². The highest BCUT2D eigenvalue weighted by molar-refractivity contribution is 5.89. The van der Waals surface area contributed by atoms with Crippen LogP contribution in [0.5, 0.6) is 0 Å². The molecule has 0 aliphatic carbocycles. The van der Waals surface area contributed by atoms with Crippen LogP contribution in [0.15, 0.2) is 35.3 Å². The maximum absolute atomic E-state index is 15.0. The van der Waals surface area contributed by atoms with Crippen molar-refractivity contribution in [3.05, 3.63) is 52.3 Å². The number of carbonyl (C=O) groups is 1. The third-order valence-electron chi connectivity index (χ3n) is 5.36. The van der Waals surface area contributed by atoms with Crippen molar-refractivity contribution in [2.24, 2.45) is 0 Å². The first-order valence-electron chi connectivity index (χ1n) is 10.3. The van der Waals surface area contributed by atoms with Gasteiger partial charge in [0.25, 0.3) is 0 Å². The zero-order chi connectivity index (χ0) is 21.7. The second kappa shape index (κ2) is 9.56. The molecule has 3 aromatic rings. The lowest BCUT2D eigenvalue weighted by molar-refractivity contribution is 0.171. The van der Waals surface area contributed by atoms with Gasteiger partial charge in [0.15, 0.2) is 5.65 Å². The summed E-state index contributed by atoms with van der Waals surface area (Å²) in [6.45, 7) is 4.32. The predicted octanol–water partition coefficient (Wildman–Crippen LogP) is 4.17. The molecule has 3 N–H and O–H groups in total. The number of halogens is 1. The molecule has 1 unspecified atom stereocenters. The Morgan fingerprint density at radius 2 is 2.07 bits per heavy atom. The Morgan fingerprint density at radius 1 is 1.27 bits per heavy atom. The smallest absolute Gasteiger partial charge is 0.325 e. The molecule has 0 aliphatic rings. The maximum Gasteiger partial charge on any atom is 0.325 e. The van der Waals surface area contributed by atoms with E-state index < -0.39 is 5.82 Å². The second-order valence-corrected chi connectivity index (χ2v) is 7.50. The van der Waals surface area contributed by atoms with Crippen molar-refractivity contribution in [1.82, 2.24) is 25.2 Å². The lowest BCUT2D eigenvalue weighted by Crippen LogP contribution is -2.43. The van der Waals surface area contributed by atoms with Gasteiger partial charge in [0.1, 0.15) is 5.82 Å². The molecule has 3 rings (SSSR count). The quantitative estimate of drug-likeness (QED) is 0.484. The Hall–Kier alpha value is -3.16. The van der Waals surface area contributed by atoms with Crippen molar-refractivity contribution in [3.8, 4) is 11.1 Å². The van der Waals surface area contributed by atoms with Crippen LogP contribution in [0.1, 0.15) is 45.1 Å². The van der Waals surface area contributed by atoms with Crippen LogP contribution in [0.2, 0.25) is 0 Å². The van der Waals surface area contributed by atoms with Gasteiger partial charge in [-0.25, -0.2) is 19.0 Å². The van der Waals surface area contributed by atoms with Crippen LogP contribution in [-0.2, 0) is 6.54 Å². The average Bonchev–Trinajstić information content (AvgIpc) is 3.12. The van der Waals surface area contributed by atoms with Gasteiger partial charge in [0, 0.05) is 30.4 Å². The molecule has 2 aromatic heterocycles. The lowest BCUT2D eigenvalue weighted by atomic mass is 10.0. The normalized spacial score (nSPS) is 12.1. The van der Waals surface area contributed by atoms with Crippen LogP contribution in [0.25, 0.3) is 22.3 Å². The van der Waals surface area contributed by atoms with E-state index in [4.69, 9.17) is 0 Å². The summed E-state index contributed by atoms with van der Waals surface area (Å²) in [5, 5.41) is 2.66. The molecular weight excluding hydrogens is 385 g/mol. The topological polar surface area (TPSA) is 93.9 Å². The molecule has 0 radical (unpaired) electrons. The minimum Gasteiger partial charge on any atom is -0.341 e. The van der Waals surface area contributed by atoms with Crippen molar-refractivity contribution in [2.45, 2.75) is 52.1 Å². The van der Waals surface area contributed by atoms with E-state index in [2.05, 4.69) is 27.2 Å². The van der Waals surface area contributed by atoms with E-state index in [9.17, 15) is 14.0 Å². The van der Waals surface area contributed by atoms with E-state index in [1.165, 1.54) is 6.07 Å². The fraction of sp³-hybridized carbons (Fsp3) is 0.409. The SMILES string of the molecule is CCCCCC(C)N(Cc1ccc(-c2ccnc3[nH]c(=O)[nH]c23)cc1F)C(=O)NC. The summed E-state index contributed by atoms with van der Waals surface area (Å²) in [4.78, 5) is 35.1. The summed E-state index contributed by atoms with van der Waals surface area (Å²) in [7, 11) is 1.58. The first-order valence-corrected chi connectivity index (χ1v) is 10.3. The third-order valence-corrected chi connectivity index (χ3v) is 5.36. The Morgan fingerprint density at radius 3 is 2.77 bits per heavy atom. The van der Waals surface area contributed by atoms with E-state index in [0.29, 0.717) is 27.9 Å². The van der Waals surface area contributed by atoms with Gasteiger partial charge in [-0.2, -0.15) is 0 Å². The zero-order valence-corrected chi connectivity index (χ0v) is 17.6. The molecule has 7 nitrogen and oxygen atoms in total. The molecule has 0 aliphatic heterocycles. The summed E-state index contributed by atoms with van der Waals surface area (Å²) in [6.07, 6.45) is 5.68. The third kappa shape index (κ3) is 4.69. The number of hydrogen-bond acceptors (Lipinski definition) is 3. The van der Waals surface area contributed by atoms with E-state index in [-0.39, 0.29) is 24.3 Å². The van der Waals surface area contributed by atoms with Crippen molar-refractivity contribution in [3.63, 3.8) is 0 Å². The number of unbranched alkanes of at least 4 members (excludes halogenated alkanes) is 2. The van der Waals surface area contributed by atoms with Gasteiger partial charge in [-0.1, -0.05) is 38.3 Å². The first kappa shape index (κ1) is 21.5.